The summed E-state index contributed by atoms with van der Waals surface area (Å²) in [6, 6.07) is 3.66. The Labute approximate surface area is 88.8 Å². The monoisotopic (exact) mass is 212 g/mol. The molecule has 0 atom stereocenters. The van der Waals surface area contributed by atoms with Crippen molar-refractivity contribution >= 4 is 17.4 Å². The number of carbonyl (C=O) groups is 1. The van der Waals surface area contributed by atoms with E-state index < -0.39 is 0 Å². The number of aryl methyl sites for hydroxylation is 1. The molecule has 0 saturated carbocycles. The average molecular weight is 213 g/mol. The molecule has 14 heavy (non-hydrogen) atoms. The van der Waals surface area contributed by atoms with Crippen LogP contribution in [0.4, 0.5) is 0 Å². The van der Waals surface area contributed by atoms with Crippen LogP contribution in [0.15, 0.2) is 12.1 Å². The fraction of sp³-hybridized carbons (Fsp3) is 0.364. The van der Waals surface area contributed by atoms with Crippen LogP contribution >= 0.6 is 11.6 Å². The van der Waals surface area contributed by atoms with E-state index >= 15 is 0 Å². The van der Waals surface area contributed by atoms with Crippen molar-refractivity contribution < 1.29 is 9.53 Å². The Morgan fingerprint density at radius 2 is 2.14 bits per heavy atom. The van der Waals surface area contributed by atoms with E-state index in [0.717, 1.165) is 16.9 Å². The standard InChI is InChI=1S/C11H13ClO2/c1-7-4-10(14-3)6-9(11(7)12)5-8(2)13/h4,6H,5H2,1-3H3. The highest BCUT2D eigenvalue weighted by Crippen LogP contribution is 2.26. The van der Waals surface area contributed by atoms with Crippen molar-refractivity contribution in [2.75, 3.05) is 7.11 Å². The lowest BCUT2D eigenvalue weighted by Gasteiger charge is -2.08. The smallest absolute Gasteiger partial charge is 0.134 e. The van der Waals surface area contributed by atoms with E-state index in [1.807, 2.05) is 13.0 Å². The van der Waals surface area contributed by atoms with Crippen molar-refractivity contribution in [1.29, 1.82) is 0 Å². The van der Waals surface area contributed by atoms with Gasteiger partial charge in [-0.25, -0.2) is 0 Å². The Morgan fingerprint density at radius 3 is 2.64 bits per heavy atom. The van der Waals surface area contributed by atoms with Crippen molar-refractivity contribution in [3.8, 4) is 5.75 Å². The molecule has 76 valence electrons. The number of ether oxygens (including phenoxy) is 1. The second-order valence-corrected chi connectivity index (χ2v) is 3.67. The zero-order chi connectivity index (χ0) is 10.7. The number of Topliss-reactive ketones (excluding diaryl/α,β-unsaturated/α-hetero) is 1. The third kappa shape index (κ3) is 2.48. The molecular formula is C11H13ClO2. The van der Waals surface area contributed by atoms with Crippen LogP contribution in [0.3, 0.4) is 0 Å². The molecule has 1 aromatic rings. The van der Waals surface area contributed by atoms with Gasteiger partial charge in [0.25, 0.3) is 0 Å². The lowest BCUT2D eigenvalue weighted by atomic mass is 10.1. The zero-order valence-electron chi connectivity index (χ0n) is 8.56. The predicted molar refractivity (Wildman–Crippen MR) is 57.1 cm³/mol. The maximum atomic E-state index is 11.0. The van der Waals surface area contributed by atoms with Gasteiger partial charge in [0.15, 0.2) is 0 Å². The maximum Gasteiger partial charge on any atom is 0.134 e. The fourth-order valence-corrected chi connectivity index (χ4v) is 1.50. The van der Waals surface area contributed by atoms with Crippen LogP contribution in [0.1, 0.15) is 18.1 Å². The molecule has 0 bridgehead atoms. The Kier molecular flexibility index (Phi) is 3.53. The van der Waals surface area contributed by atoms with Crippen LogP contribution in [0.2, 0.25) is 5.02 Å². The van der Waals surface area contributed by atoms with Crippen LogP contribution in [-0.2, 0) is 11.2 Å². The van der Waals surface area contributed by atoms with E-state index in [2.05, 4.69) is 0 Å². The van der Waals surface area contributed by atoms with Gasteiger partial charge in [-0.1, -0.05) is 11.6 Å². The molecule has 3 heteroatoms. The molecule has 1 aromatic carbocycles. The minimum atomic E-state index is 0.0968. The Balaban J connectivity index is 3.13. The van der Waals surface area contributed by atoms with Gasteiger partial charge in [0.2, 0.25) is 0 Å². The van der Waals surface area contributed by atoms with Crippen LogP contribution < -0.4 is 4.74 Å². The molecule has 0 aliphatic rings. The number of ketones is 1. The van der Waals surface area contributed by atoms with Crippen LogP contribution in [0, 0.1) is 6.92 Å². The first-order valence-corrected chi connectivity index (χ1v) is 4.75. The maximum absolute atomic E-state index is 11.0. The third-order valence-corrected chi connectivity index (χ3v) is 2.52. The Hall–Kier alpha value is -1.02. The highest BCUT2D eigenvalue weighted by atomic mass is 35.5. The molecule has 0 aliphatic carbocycles. The summed E-state index contributed by atoms with van der Waals surface area (Å²) in [5.41, 5.74) is 1.76. The molecule has 0 aliphatic heterocycles. The number of benzene rings is 1. The summed E-state index contributed by atoms with van der Waals surface area (Å²) >= 11 is 6.06. The van der Waals surface area contributed by atoms with Crippen LogP contribution in [0.5, 0.6) is 5.75 Å². The molecule has 0 aromatic heterocycles. The summed E-state index contributed by atoms with van der Waals surface area (Å²) in [6.07, 6.45) is 0.358. The van der Waals surface area contributed by atoms with Gasteiger partial charge in [0.1, 0.15) is 11.5 Å². The second-order valence-electron chi connectivity index (χ2n) is 3.30. The molecule has 0 fully saturated rings. The summed E-state index contributed by atoms with van der Waals surface area (Å²) in [5, 5.41) is 0.654. The van der Waals surface area contributed by atoms with E-state index in [1.165, 1.54) is 0 Å². The number of carbonyl (C=O) groups excluding carboxylic acids is 1. The Bertz CT molecular complexity index is 359. The largest absolute Gasteiger partial charge is 0.497 e. The second kappa shape index (κ2) is 4.47. The van der Waals surface area contributed by atoms with Crippen molar-refractivity contribution in [2.45, 2.75) is 20.3 Å². The predicted octanol–water partition coefficient (Wildman–Crippen LogP) is 2.79. The van der Waals surface area contributed by atoms with Gasteiger partial charge in [-0.3, -0.25) is 4.79 Å². The first-order valence-electron chi connectivity index (χ1n) is 4.37. The first-order chi connectivity index (χ1) is 6.54. The van der Waals surface area contributed by atoms with Crippen molar-refractivity contribution in [3.05, 3.63) is 28.3 Å². The number of rotatable bonds is 3. The van der Waals surface area contributed by atoms with Gasteiger partial charge in [0.05, 0.1) is 7.11 Å². The average Bonchev–Trinajstić information content (AvgIpc) is 2.11. The van der Waals surface area contributed by atoms with Crippen LogP contribution in [-0.4, -0.2) is 12.9 Å². The molecule has 0 unspecified atom stereocenters. The first kappa shape index (κ1) is 11.1. The summed E-state index contributed by atoms with van der Waals surface area (Å²) in [4.78, 5) is 11.0. The molecule has 0 amide bonds. The molecule has 0 heterocycles. The fourth-order valence-electron chi connectivity index (χ4n) is 1.32. The van der Waals surface area contributed by atoms with Crippen molar-refractivity contribution in [2.24, 2.45) is 0 Å². The topological polar surface area (TPSA) is 26.3 Å². The molecule has 1 rings (SSSR count). The molecule has 0 saturated heterocycles. The molecule has 0 spiro atoms. The van der Waals surface area contributed by atoms with Crippen LogP contribution in [0.25, 0.3) is 0 Å². The SMILES string of the molecule is COc1cc(C)c(Cl)c(CC(C)=O)c1. The molecule has 0 radical (unpaired) electrons. The van der Waals surface area contributed by atoms with Gasteiger partial charge < -0.3 is 4.74 Å². The molecule has 0 N–H and O–H groups in total. The number of halogens is 1. The minimum absolute atomic E-state index is 0.0968. The number of methoxy groups -OCH3 is 1. The highest BCUT2D eigenvalue weighted by Gasteiger charge is 2.08. The van der Waals surface area contributed by atoms with Gasteiger partial charge in [0, 0.05) is 11.4 Å². The van der Waals surface area contributed by atoms with Gasteiger partial charge in [-0.15, -0.1) is 0 Å². The van der Waals surface area contributed by atoms with E-state index in [9.17, 15) is 4.79 Å². The van der Waals surface area contributed by atoms with Gasteiger partial charge >= 0.3 is 0 Å². The lowest BCUT2D eigenvalue weighted by molar-refractivity contribution is -0.116. The quantitative estimate of drug-likeness (QED) is 0.770. The van der Waals surface area contributed by atoms with Crippen molar-refractivity contribution in [1.82, 2.24) is 0 Å². The molecular weight excluding hydrogens is 200 g/mol. The summed E-state index contributed by atoms with van der Waals surface area (Å²) in [6.45, 7) is 3.44. The normalized spacial score (nSPS) is 10.0. The number of hydrogen-bond donors (Lipinski definition) is 0. The minimum Gasteiger partial charge on any atom is -0.497 e. The van der Waals surface area contributed by atoms with E-state index in [4.69, 9.17) is 16.3 Å². The zero-order valence-corrected chi connectivity index (χ0v) is 9.31. The third-order valence-electron chi connectivity index (χ3n) is 1.98. The number of hydrogen-bond acceptors (Lipinski definition) is 2. The van der Waals surface area contributed by atoms with Gasteiger partial charge in [-0.05, 0) is 37.1 Å². The van der Waals surface area contributed by atoms with E-state index in [1.54, 1.807) is 20.1 Å². The van der Waals surface area contributed by atoms with Gasteiger partial charge in [-0.2, -0.15) is 0 Å². The molecule has 2 nitrogen and oxygen atoms in total. The van der Waals surface area contributed by atoms with Crippen molar-refractivity contribution in [3.63, 3.8) is 0 Å². The summed E-state index contributed by atoms with van der Waals surface area (Å²) in [7, 11) is 1.60. The lowest BCUT2D eigenvalue weighted by Crippen LogP contribution is -1.99. The summed E-state index contributed by atoms with van der Waals surface area (Å²) in [5.74, 6) is 0.836. The highest BCUT2D eigenvalue weighted by molar-refractivity contribution is 6.32. The summed E-state index contributed by atoms with van der Waals surface area (Å²) < 4.78 is 5.10. The Morgan fingerprint density at radius 1 is 1.50 bits per heavy atom. The van der Waals surface area contributed by atoms with E-state index in [-0.39, 0.29) is 5.78 Å². The van der Waals surface area contributed by atoms with E-state index in [0.29, 0.717) is 11.4 Å².